The highest BCUT2D eigenvalue weighted by molar-refractivity contribution is 5.14. The van der Waals surface area contributed by atoms with Crippen molar-refractivity contribution in [2.45, 2.75) is 51.7 Å². The monoisotopic (exact) mass is 248 g/mol. The summed E-state index contributed by atoms with van der Waals surface area (Å²) in [5.74, 6) is 0. The smallest absolute Gasteiger partial charge is 0.0247 e. The molecule has 0 aliphatic heterocycles. The number of hydrogen-bond acceptors (Lipinski definition) is 2. The van der Waals surface area contributed by atoms with Gasteiger partial charge < -0.3 is 5.32 Å². The lowest BCUT2D eigenvalue weighted by atomic mass is 9.99. The Morgan fingerprint density at radius 1 is 1.17 bits per heavy atom. The molecule has 1 aromatic carbocycles. The van der Waals surface area contributed by atoms with E-state index in [1.807, 2.05) is 0 Å². The van der Waals surface area contributed by atoms with Gasteiger partial charge in [-0.1, -0.05) is 50.6 Å². The maximum Gasteiger partial charge on any atom is 0.0247 e. The number of nitrogens with zero attached hydrogens (tertiary/aromatic N) is 1. The van der Waals surface area contributed by atoms with Crippen LogP contribution < -0.4 is 5.32 Å². The fourth-order valence-corrected chi connectivity index (χ4v) is 2.73. The molecule has 0 radical (unpaired) electrons. The molecule has 2 unspecified atom stereocenters. The van der Waals surface area contributed by atoms with E-state index in [1.165, 1.54) is 24.8 Å². The molecule has 0 aliphatic rings. The van der Waals surface area contributed by atoms with Gasteiger partial charge in [0.05, 0.1) is 0 Å². The Balaban J connectivity index is 2.63. The highest BCUT2D eigenvalue weighted by Gasteiger charge is 2.21. The Morgan fingerprint density at radius 2 is 1.83 bits per heavy atom. The minimum absolute atomic E-state index is 0.591. The summed E-state index contributed by atoms with van der Waals surface area (Å²) < 4.78 is 0. The van der Waals surface area contributed by atoms with Crippen LogP contribution in [0.25, 0.3) is 0 Å². The van der Waals surface area contributed by atoms with Gasteiger partial charge in [0.1, 0.15) is 0 Å². The fraction of sp³-hybridized carbons (Fsp3) is 0.625. The van der Waals surface area contributed by atoms with E-state index in [0.717, 1.165) is 6.54 Å². The molecule has 0 aromatic heterocycles. The molecule has 1 N–H and O–H groups in total. The second-order valence-electron chi connectivity index (χ2n) is 5.06. The molecule has 0 aliphatic carbocycles. The van der Waals surface area contributed by atoms with Gasteiger partial charge in [-0.2, -0.15) is 0 Å². The van der Waals surface area contributed by atoms with Crippen LogP contribution in [-0.4, -0.2) is 31.1 Å². The van der Waals surface area contributed by atoms with Gasteiger partial charge >= 0.3 is 0 Å². The first kappa shape index (κ1) is 15.2. The lowest BCUT2D eigenvalue weighted by Crippen LogP contribution is -2.46. The van der Waals surface area contributed by atoms with E-state index in [-0.39, 0.29) is 0 Å². The summed E-state index contributed by atoms with van der Waals surface area (Å²) in [4.78, 5) is 2.48. The Kier molecular flexibility index (Phi) is 6.99. The molecule has 0 bridgehead atoms. The second-order valence-corrected chi connectivity index (χ2v) is 5.06. The Labute approximate surface area is 112 Å². The molecule has 0 heterocycles. The summed E-state index contributed by atoms with van der Waals surface area (Å²) in [6.45, 7) is 5.57. The van der Waals surface area contributed by atoms with Gasteiger partial charge in [-0.15, -0.1) is 0 Å². The zero-order valence-electron chi connectivity index (χ0n) is 12.3. The van der Waals surface area contributed by atoms with Crippen molar-refractivity contribution >= 4 is 0 Å². The van der Waals surface area contributed by atoms with Gasteiger partial charge in [0, 0.05) is 18.6 Å². The highest BCUT2D eigenvalue weighted by Crippen LogP contribution is 2.14. The molecule has 102 valence electrons. The van der Waals surface area contributed by atoms with Crippen LogP contribution in [0.3, 0.4) is 0 Å². The Morgan fingerprint density at radius 3 is 2.33 bits per heavy atom. The average Bonchev–Trinajstić information content (AvgIpc) is 2.39. The molecule has 18 heavy (non-hydrogen) atoms. The highest BCUT2D eigenvalue weighted by atomic mass is 15.2. The minimum Gasteiger partial charge on any atom is -0.315 e. The Bertz CT molecular complexity index is 310. The third-order valence-electron chi connectivity index (χ3n) is 3.69. The van der Waals surface area contributed by atoms with E-state index >= 15 is 0 Å². The van der Waals surface area contributed by atoms with Crippen LogP contribution in [0.2, 0.25) is 0 Å². The van der Waals surface area contributed by atoms with Crippen molar-refractivity contribution < 1.29 is 0 Å². The average molecular weight is 248 g/mol. The van der Waals surface area contributed by atoms with E-state index in [9.17, 15) is 0 Å². The number of benzene rings is 1. The first-order valence-electron chi connectivity index (χ1n) is 7.14. The fourth-order valence-electron chi connectivity index (χ4n) is 2.73. The van der Waals surface area contributed by atoms with Crippen molar-refractivity contribution in [3.63, 3.8) is 0 Å². The third-order valence-corrected chi connectivity index (χ3v) is 3.69. The minimum atomic E-state index is 0.591. The van der Waals surface area contributed by atoms with Crippen molar-refractivity contribution in [2.24, 2.45) is 0 Å². The number of nitrogens with one attached hydrogen (secondary N) is 1. The van der Waals surface area contributed by atoms with Gasteiger partial charge in [0.2, 0.25) is 0 Å². The van der Waals surface area contributed by atoms with Gasteiger partial charge in [-0.25, -0.2) is 0 Å². The molecule has 2 nitrogen and oxygen atoms in total. The second kappa shape index (κ2) is 8.28. The van der Waals surface area contributed by atoms with Gasteiger partial charge in [0.25, 0.3) is 0 Å². The van der Waals surface area contributed by atoms with E-state index in [4.69, 9.17) is 0 Å². The van der Waals surface area contributed by atoms with Gasteiger partial charge in [0.15, 0.2) is 0 Å². The summed E-state index contributed by atoms with van der Waals surface area (Å²) in [6, 6.07) is 11.9. The van der Waals surface area contributed by atoms with E-state index in [1.54, 1.807) is 0 Å². The largest absolute Gasteiger partial charge is 0.315 e. The molecular weight excluding hydrogens is 220 g/mol. The number of likely N-dealkylation sites (N-methyl/N-ethyl adjacent to an activating group) is 2. The molecule has 2 atom stereocenters. The predicted molar refractivity (Wildman–Crippen MR) is 79.7 cm³/mol. The quantitative estimate of drug-likeness (QED) is 0.759. The summed E-state index contributed by atoms with van der Waals surface area (Å²) in [5, 5.41) is 3.48. The van der Waals surface area contributed by atoms with Crippen LogP contribution in [0.4, 0.5) is 0 Å². The summed E-state index contributed by atoms with van der Waals surface area (Å²) >= 11 is 0. The van der Waals surface area contributed by atoms with E-state index in [2.05, 4.69) is 68.5 Å². The van der Waals surface area contributed by atoms with Crippen molar-refractivity contribution in [3.8, 4) is 0 Å². The van der Waals surface area contributed by atoms with Crippen molar-refractivity contribution in [2.75, 3.05) is 14.1 Å². The zero-order chi connectivity index (χ0) is 13.4. The topological polar surface area (TPSA) is 15.3 Å². The van der Waals surface area contributed by atoms with E-state index in [0.29, 0.717) is 12.1 Å². The molecule has 1 rings (SSSR count). The first-order chi connectivity index (χ1) is 8.72. The first-order valence-corrected chi connectivity index (χ1v) is 7.14. The Hall–Kier alpha value is -0.860. The predicted octanol–water partition coefficient (Wildman–Crippen LogP) is 3.29. The van der Waals surface area contributed by atoms with Crippen LogP contribution >= 0.6 is 0 Å². The number of rotatable bonds is 8. The van der Waals surface area contributed by atoms with Crippen molar-refractivity contribution in [1.29, 1.82) is 0 Å². The normalized spacial score (nSPS) is 14.7. The summed E-state index contributed by atoms with van der Waals surface area (Å²) in [7, 11) is 4.32. The van der Waals surface area contributed by atoms with Crippen LogP contribution in [0, 0.1) is 0 Å². The lowest BCUT2D eigenvalue weighted by molar-refractivity contribution is 0.176. The maximum absolute atomic E-state index is 3.48. The SMILES string of the molecule is CCCC(NC)C(CC)N(C)Cc1ccccc1. The lowest BCUT2D eigenvalue weighted by Gasteiger charge is -2.34. The van der Waals surface area contributed by atoms with E-state index < -0.39 is 0 Å². The van der Waals surface area contributed by atoms with Crippen LogP contribution in [0.1, 0.15) is 38.7 Å². The molecule has 2 heteroatoms. The van der Waals surface area contributed by atoms with Gasteiger partial charge in [-0.3, -0.25) is 4.90 Å². The van der Waals surface area contributed by atoms with Crippen molar-refractivity contribution in [3.05, 3.63) is 35.9 Å². The van der Waals surface area contributed by atoms with Crippen LogP contribution in [-0.2, 0) is 6.54 Å². The maximum atomic E-state index is 3.48. The standard InChI is InChI=1S/C16H28N2/c1-5-10-15(17-3)16(6-2)18(4)13-14-11-8-7-9-12-14/h7-9,11-12,15-17H,5-6,10,13H2,1-4H3. The molecule has 0 saturated heterocycles. The van der Waals surface area contributed by atoms with Crippen LogP contribution in [0.15, 0.2) is 30.3 Å². The van der Waals surface area contributed by atoms with Crippen molar-refractivity contribution in [1.82, 2.24) is 10.2 Å². The summed E-state index contributed by atoms with van der Waals surface area (Å²) in [5.41, 5.74) is 1.39. The molecule has 0 amide bonds. The zero-order valence-corrected chi connectivity index (χ0v) is 12.3. The third kappa shape index (κ3) is 4.43. The molecule has 0 fully saturated rings. The summed E-state index contributed by atoms with van der Waals surface area (Å²) in [6.07, 6.45) is 3.67. The molecule has 1 aromatic rings. The number of hydrogen-bond donors (Lipinski definition) is 1. The molecular formula is C16H28N2. The van der Waals surface area contributed by atoms with Gasteiger partial charge in [-0.05, 0) is 32.5 Å². The molecule has 0 saturated carbocycles. The van der Waals surface area contributed by atoms with Crippen LogP contribution in [0.5, 0.6) is 0 Å². The molecule has 0 spiro atoms.